The van der Waals surface area contributed by atoms with Gasteiger partial charge in [-0.05, 0) is 31.0 Å². The normalized spacial score (nSPS) is 13.8. The fraction of sp³-hybridized carbons (Fsp3) is 0.286. The Kier molecular flexibility index (Phi) is 3.23. The highest BCUT2D eigenvalue weighted by Crippen LogP contribution is 2.27. The van der Waals surface area contributed by atoms with Gasteiger partial charge in [-0.15, -0.1) is 21.5 Å². The van der Waals surface area contributed by atoms with Gasteiger partial charge >= 0.3 is 0 Å². The van der Waals surface area contributed by atoms with Crippen LogP contribution in [-0.4, -0.2) is 30.9 Å². The van der Waals surface area contributed by atoms with Gasteiger partial charge in [0.25, 0.3) is 5.91 Å². The van der Waals surface area contributed by atoms with E-state index >= 15 is 0 Å². The Morgan fingerprint density at radius 2 is 2.23 bits per heavy atom. The highest BCUT2D eigenvalue weighted by Gasteiger charge is 2.19. The zero-order valence-electron chi connectivity index (χ0n) is 11.7. The molecule has 2 N–H and O–H groups in total. The highest BCUT2D eigenvalue weighted by atomic mass is 32.1. The van der Waals surface area contributed by atoms with E-state index in [1.807, 2.05) is 22.8 Å². The maximum absolute atomic E-state index is 12.4. The van der Waals surface area contributed by atoms with Crippen molar-refractivity contribution in [3.05, 3.63) is 35.1 Å². The smallest absolute Gasteiger partial charge is 0.268 e. The van der Waals surface area contributed by atoms with Gasteiger partial charge in [0.2, 0.25) is 5.95 Å². The number of carbonyl (C=O) groups is 1. The van der Waals surface area contributed by atoms with Gasteiger partial charge in [0.15, 0.2) is 0 Å². The summed E-state index contributed by atoms with van der Waals surface area (Å²) >= 11 is 1.42. The van der Waals surface area contributed by atoms with Crippen LogP contribution in [0.4, 0.5) is 5.95 Å². The third kappa shape index (κ3) is 2.31. The van der Waals surface area contributed by atoms with Crippen LogP contribution in [0.15, 0.2) is 24.4 Å². The largest absolute Gasteiger partial charge is 0.297 e. The number of rotatable bonds is 3. The van der Waals surface area contributed by atoms with Crippen LogP contribution in [0, 0.1) is 0 Å². The molecular formula is C14H14N6OS. The first kappa shape index (κ1) is 13.2. The summed E-state index contributed by atoms with van der Waals surface area (Å²) in [6, 6.07) is 5.60. The predicted octanol–water partition coefficient (Wildman–Crippen LogP) is 2.32. The second-order valence-electron chi connectivity index (χ2n) is 5.14. The fourth-order valence-electron chi connectivity index (χ4n) is 2.56. The van der Waals surface area contributed by atoms with Crippen LogP contribution in [0.2, 0.25) is 0 Å². The zero-order valence-corrected chi connectivity index (χ0v) is 12.6. The molecule has 22 heavy (non-hydrogen) atoms. The number of nitrogens with one attached hydrogen (secondary N) is 2. The molecular weight excluding hydrogens is 300 g/mol. The van der Waals surface area contributed by atoms with Crippen molar-refractivity contribution < 1.29 is 4.79 Å². The summed E-state index contributed by atoms with van der Waals surface area (Å²) in [5.41, 5.74) is 0.906. The second-order valence-corrected chi connectivity index (χ2v) is 6.22. The first-order chi connectivity index (χ1) is 10.8. The van der Waals surface area contributed by atoms with E-state index in [-0.39, 0.29) is 5.91 Å². The number of aromatic amines is 1. The lowest BCUT2D eigenvalue weighted by molar-refractivity contribution is 0.102. The molecule has 0 aliphatic carbocycles. The summed E-state index contributed by atoms with van der Waals surface area (Å²) in [5, 5.41) is 17.9. The fourth-order valence-corrected chi connectivity index (χ4v) is 3.44. The Bertz CT molecular complexity index is 803. The molecule has 0 aromatic carbocycles. The van der Waals surface area contributed by atoms with E-state index in [1.54, 1.807) is 6.20 Å². The van der Waals surface area contributed by atoms with Crippen LogP contribution >= 0.6 is 11.3 Å². The minimum absolute atomic E-state index is 0.156. The molecule has 0 spiro atoms. The lowest BCUT2D eigenvalue weighted by Gasteiger charge is -2.14. The Hall–Kier alpha value is -2.48. The van der Waals surface area contributed by atoms with Crippen LogP contribution in [0.5, 0.6) is 0 Å². The number of nitrogens with zero attached hydrogens (tertiary/aromatic N) is 4. The highest BCUT2D eigenvalue weighted by molar-refractivity contribution is 7.17. The topological polar surface area (TPSA) is 88.5 Å². The maximum Gasteiger partial charge on any atom is 0.268 e. The van der Waals surface area contributed by atoms with Crippen LogP contribution in [0.25, 0.3) is 10.6 Å². The minimum atomic E-state index is -0.156. The van der Waals surface area contributed by atoms with Crippen LogP contribution in [-0.2, 0) is 13.0 Å². The number of thiophene rings is 1. The van der Waals surface area contributed by atoms with Crippen molar-refractivity contribution in [2.45, 2.75) is 25.8 Å². The number of aromatic nitrogens is 5. The standard InChI is InChI=1S/C14H14N6OS/c21-13(11-5-4-10(22-11)9-6-7-15-17-9)16-14-19-18-12-3-1-2-8-20(12)14/h4-7H,1-3,8H2,(H,15,17)(H,16,19,21). The summed E-state index contributed by atoms with van der Waals surface area (Å²) in [6.45, 7) is 0.863. The SMILES string of the molecule is O=C(Nc1nnc2n1CCCC2)c1ccc(-c2ccn[nH]2)s1. The molecule has 0 bridgehead atoms. The summed E-state index contributed by atoms with van der Waals surface area (Å²) in [4.78, 5) is 14.0. The number of fused-ring (bicyclic) bond motifs is 1. The average Bonchev–Trinajstić information content (AvgIpc) is 3.28. The van der Waals surface area contributed by atoms with Gasteiger partial charge in [-0.2, -0.15) is 5.10 Å². The van der Waals surface area contributed by atoms with E-state index in [0.29, 0.717) is 10.8 Å². The van der Waals surface area contributed by atoms with Crippen molar-refractivity contribution in [1.29, 1.82) is 0 Å². The number of anilines is 1. The van der Waals surface area contributed by atoms with E-state index in [4.69, 9.17) is 0 Å². The molecule has 3 aromatic rings. The molecule has 0 unspecified atom stereocenters. The molecule has 7 nitrogen and oxygen atoms in total. The third-order valence-corrected chi connectivity index (χ3v) is 4.80. The Morgan fingerprint density at radius 1 is 1.27 bits per heavy atom. The number of hydrogen-bond acceptors (Lipinski definition) is 5. The third-order valence-electron chi connectivity index (χ3n) is 3.68. The molecule has 1 aliphatic rings. The quantitative estimate of drug-likeness (QED) is 0.776. The summed E-state index contributed by atoms with van der Waals surface area (Å²) < 4.78 is 1.99. The van der Waals surface area contributed by atoms with E-state index in [1.165, 1.54) is 11.3 Å². The molecule has 0 fully saturated rings. The molecule has 112 valence electrons. The molecule has 1 amide bonds. The van der Waals surface area contributed by atoms with E-state index < -0.39 is 0 Å². The molecule has 0 saturated heterocycles. The van der Waals surface area contributed by atoms with Crippen molar-refractivity contribution in [3.8, 4) is 10.6 Å². The van der Waals surface area contributed by atoms with Gasteiger partial charge in [0, 0.05) is 19.2 Å². The molecule has 4 rings (SSSR count). The van der Waals surface area contributed by atoms with E-state index in [9.17, 15) is 4.79 Å². The van der Waals surface area contributed by atoms with Crippen LogP contribution in [0.3, 0.4) is 0 Å². The predicted molar refractivity (Wildman–Crippen MR) is 82.8 cm³/mol. The number of aryl methyl sites for hydroxylation is 1. The monoisotopic (exact) mass is 314 g/mol. The molecule has 0 saturated carbocycles. The van der Waals surface area contributed by atoms with Gasteiger partial charge in [0.1, 0.15) is 5.82 Å². The summed E-state index contributed by atoms with van der Waals surface area (Å²) in [5.74, 6) is 1.33. The van der Waals surface area contributed by atoms with Gasteiger partial charge in [0.05, 0.1) is 15.4 Å². The van der Waals surface area contributed by atoms with Crippen molar-refractivity contribution in [2.24, 2.45) is 0 Å². The molecule has 3 aromatic heterocycles. The van der Waals surface area contributed by atoms with Crippen LogP contribution < -0.4 is 5.32 Å². The number of H-pyrrole nitrogens is 1. The first-order valence-corrected chi connectivity index (χ1v) is 7.96. The van der Waals surface area contributed by atoms with E-state index in [2.05, 4.69) is 25.7 Å². The zero-order chi connectivity index (χ0) is 14.9. The maximum atomic E-state index is 12.4. The number of hydrogen-bond donors (Lipinski definition) is 2. The molecule has 8 heteroatoms. The lowest BCUT2D eigenvalue weighted by atomic mass is 10.2. The summed E-state index contributed by atoms with van der Waals surface area (Å²) in [6.07, 6.45) is 4.84. The summed E-state index contributed by atoms with van der Waals surface area (Å²) in [7, 11) is 0. The Morgan fingerprint density at radius 3 is 3.09 bits per heavy atom. The van der Waals surface area contributed by atoms with Crippen molar-refractivity contribution in [3.63, 3.8) is 0 Å². The van der Waals surface area contributed by atoms with Gasteiger partial charge < -0.3 is 0 Å². The Labute approximate surface area is 130 Å². The minimum Gasteiger partial charge on any atom is -0.297 e. The lowest BCUT2D eigenvalue weighted by Crippen LogP contribution is -2.18. The van der Waals surface area contributed by atoms with Gasteiger partial charge in [-0.25, -0.2) is 0 Å². The number of carbonyl (C=O) groups excluding carboxylic acids is 1. The first-order valence-electron chi connectivity index (χ1n) is 7.14. The molecule has 1 aliphatic heterocycles. The molecule has 0 atom stereocenters. The molecule has 0 radical (unpaired) electrons. The van der Waals surface area contributed by atoms with E-state index in [0.717, 1.165) is 42.2 Å². The van der Waals surface area contributed by atoms with Crippen molar-refractivity contribution in [1.82, 2.24) is 25.0 Å². The van der Waals surface area contributed by atoms with Gasteiger partial charge in [-0.1, -0.05) is 0 Å². The van der Waals surface area contributed by atoms with Crippen molar-refractivity contribution >= 4 is 23.2 Å². The van der Waals surface area contributed by atoms with Crippen LogP contribution in [0.1, 0.15) is 28.3 Å². The molecule has 4 heterocycles. The second kappa shape index (κ2) is 5.38. The number of amides is 1. The van der Waals surface area contributed by atoms with Crippen molar-refractivity contribution in [2.75, 3.05) is 5.32 Å². The average molecular weight is 314 g/mol. The Balaban J connectivity index is 1.54. The van der Waals surface area contributed by atoms with Gasteiger partial charge in [-0.3, -0.25) is 19.8 Å².